The Morgan fingerprint density at radius 3 is 2.12 bits per heavy atom. The number of anilines is 4. The molecule has 4 aliphatic carbocycles. The standard InChI is InChI=1S/C74H84BN3OS/c1-16-55(71(6,7)8)56(72(9,10)11)33-36-76-63-38-49(77(48-25-21-23-44(2)37-48)60-28-19-17-24-47(60)5)39-64-67(63)75(70-68(76)54-40-57-58(43-66(54)80-70)74(14,15)35-34-73(57,12)13)59-41-52-45(3)31-32-46(4)53(52)42-62(59)78(64)61-29-22-27-51-50-26-18-20-30-65(50)79-69(51)61/h16-30,33,36-37,39-43,45-47,55-56,60,63H,1,31-32,34-35,38H2,2-15H3/b36-33+. The van der Waals surface area contributed by atoms with E-state index >= 15 is 0 Å². The molecule has 410 valence electrons. The summed E-state index contributed by atoms with van der Waals surface area (Å²) in [4.78, 5) is 8.23. The molecule has 13 rings (SSSR count). The van der Waals surface area contributed by atoms with Crippen LogP contribution in [0.1, 0.15) is 162 Å². The molecule has 0 amide bonds. The fourth-order valence-electron chi connectivity index (χ4n) is 15.7. The first-order valence-electron chi connectivity index (χ1n) is 30.3. The van der Waals surface area contributed by atoms with Crippen LogP contribution in [-0.4, -0.2) is 18.8 Å². The van der Waals surface area contributed by atoms with Crippen molar-refractivity contribution in [3.8, 4) is 0 Å². The number of hydrogen-bond donors (Lipinski definition) is 0. The number of benzene rings is 5. The summed E-state index contributed by atoms with van der Waals surface area (Å²) < 4.78 is 10.0. The highest BCUT2D eigenvalue weighted by Gasteiger charge is 2.52. The normalized spacial score (nSPS) is 23.7. The first kappa shape index (κ1) is 53.1. The van der Waals surface area contributed by atoms with Crippen LogP contribution in [0.4, 0.5) is 22.7 Å². The molecular formula is C74H84BN3OS. The lowest BCUT2D eigenvalue weighted by atomic mass is 9.33. The Morgan fingerprint density at radius 1 is 0.750 bits per heavy atom. The Morgan fingerprint density at radius 2 is 1.43 bits per heavy atom. The SMILES string of the molecule is C=CC(C(/C=C/N1c2c(sc3cc4c(cc23)C(C)(C)CCC4(C)C)B2C3=C(C=C(N(c4cccc(C)c4)C4C=CC=CC4C)CC31)N(c1cccc3c1oc1ccccc13)c1cc3c(cc12)C(C)CCC3C)C(C)(C)C)C(C)(C)C. The summed E-state index contributed by atoms with van der Waals surface area (Å²) in [7, 11) is 0. The van der Waals surface area contributed by atoms with Gasteiger partial charge in [-0.1, -0.05) is 175 Å². The lowest BCUT2D eigenvalue weighted by Crippen LogP contribution is -2.61. The molecule has 0 radical (unpaired) electrons. The molecule has 0 bridgehead atoms. The van der Waals surface area contributed by atoms with E-state index in [1.54, 1.807) is 0 Å². The van der Waals surface area contributed by atoms with Crippen LogP contribution in [0.25, 0.3) is 32.0 Å². The van der Waals surface area contributed by atoms with Crippen molar-refractivity contribution in [2.45, 2.75) is 164 Å². The van der Waals surface area contributed by atoms with Crippen LogP contribution in [0.2, 0.25) is 0 Å². The van der Waals surface area contributed by atoms with Gasteiger partial charge in [-0.15, -0.1) is 17.9 Å². The van der Waals surface area contributed by atoms with Crippen LogP contribution < -0.4 is 24.9 Å². The fraction of sp³-hybridized carbons (Fsp3) is 0.405. The third-order valence-corrected chi connectivity index (χ3v) is 21.5. The summed E-state index contributed by atoms with van der Waals surface area (Å²) in [6, 6.07) is 35.6. The molecule has 6 heteroatoms. The van der Waals surface area contributed by atoms with Crippen molar-refractivity contribution in [3.63, 3.8) is 0 Å². The van der Waals surface area contributed by atoms with E-state index in [-0.39, 0.29) is 58.2 Å². The van der Waals surface area contributed by atoms with Crippen LogP contribution >= 0.6 is 11.3 Å². The number of para-hydroxylation sites is 2. The van der Waals surface area contributed by atoms with Gasteiger partial charge in [0, 0.05) is 61.0 Å². The van der Waals surface area contributed by atoms with E-state index in [9.17, 15) is 0 Å². The molecule has 2 aliphatic heterocycles. The van der Waals surface area contributed by atoms with Gasteiger partial charge in [0.15, 0.2) is 5.58 Å². The Labute approximate surface area is 482 Å². The van der Waals surface area contributed by atoms with Crippen molar-refractivity contribution in [2.75, 3.05) is 14.7 Å². The molecule has 4 heterocycles. The molecule has 7 aromatic rings. The first-order chi connectivity index (χ1) is 38.0. The van der Waals surface area contributed by atoms with Gasteiger partial charge in [-0.05, 0) is 171 Å². The lowest BCUT2D eigenvalue weighted by molar-refractivity contribution is 0.143. The summed E-state index contributed by atoms with van der Waals surface area (Å²) >= 11 is 2.08. The van der Waals surface area contributed by atoms with Crippen LogP contribution in [0.15, 0.2) is 168 Å². The molecule has 0 N–H and O–H groups in total. The minimum atomic E-state index is -0.0328. The van der Waals surface area contributed by atoms with Gasteiger partial charge in [0.1, 0.15) is 5.58 Å². The molecule has 5 aromatic carbocycles. The van der Waals surface area contributed by atoms with Gasteiger partial charge in [-0.25, -0.2) is 0 Å². The molecular weight excluding hydrogens is 990 g/mol. The quantitative estimate of drug-likeness (QED) is 0.112. The van der Waals surface area contributed by atoms with Gasteiger partial charge in [0.2, 0.25) is 0 Å². The molecule has 4 nitrogen and oxygen atoms in total. The maximum absolute atomic E-state index is 7.16. The molecule has 0 saturated heterocycles. The Balaban J connectivity index is 1.18. The molecule has 0 saturated carbocycles. The van der Waals surface area contributed by atoms with Crippen molar-refractivity contribution < 1.29 is 4.42 Å². The Hall–Kier alpha value is -6.24. The van der Waals surface area contributed by atoms with Crippen molar-refractivity contribution in [3.05, 3.63) is 191 Å². The van der Waals surface area contributed by atoms with Gasteiger partial charge in [0.25, 0.3) is 6.71 Å². The molecule has 6 aliphatic rings. The number of nitrogens with zero attached hydrogens (tertiary/aromatic N) is 3. The highest BCUT2D eigenvalue weighted by atomic mass is 32.1. The van der Waals surface area contributed by atoms with Gasteiger partial charge in [-0.2, -0.15) is 0 Å². The summed E-state index contributed by atoms with van der Waals surface area (Å²) in [6.07, 6.45) is 25.1. The third kappa shape index (κ3) is 8.41. The number of thiophene rings is 1. The minimum Gasteiger partial charge on any atom is -0.454 e. The molecule has 2 aromatic heterocycles. The summed E-state index contributed by atoms with van der Waals surface area (Å²) in [5.41, 5.74) is 19.8. The van der Waals surface area contributed by atoms with Crippen molar-refractivity contribution in [2.24, 2.45) is 28.6 Å². The Bertz CT molecular complexity index is 3840. The fourth-order valence-corrected chi connectivity index (χ4v) is 17.0. The largest absolute Gasteiger partial charge is 0.454 e. The molecule has 7 unspecified atom stereocenters. The van der Waals surface area contributed by atoms with Gasteiger partial charge >= 0.3 is 0 Å². The molecule has 7 atom stereocenters. The lowest BCUT2D eigenvalue weighted by Gasteiger charge is -2.51. The monoisotopic (exact) mass is 1070 g/mol. The number of allylic oxidation sites excluding steroid dienone is 5. The second kappa shape index (κ2) is 18.9. The van der Waals surface area contributed by atoms with Crippen LogP contribution in [0, 0.1) is 35.5 Å². The number of rotatable bonds is 8. The number of aryl methyl sites for hydroxylation is 1. The maximum Gasteiger partial charge on any atom is 0.259 e. The number of hydrogen-bond acceptors (Lipinski definition) is 5. The molecule has 0 spiro atoms. The van der Waals surface area contributed by atoms with Crippen molar-refractivity contribution in [1.29, 1.82) is 0 Å². The van der Waals surface area contributed by atoms with Gasteiger partial charge in [-0.3, -0.25) is 0 Å². The second-order valence-electron chi connectivity index (χ2n) is 28.7. The van der Waals surface area contributed by atoms with Crippen LogP contribution in [-0.2, 0) is 10.8 Å². The highest BCUT2D eigenvalue weighted by Crippen LogP contribution is 2.55. The highest BCUT2D eigenvalue weighted by molar-refractivity contribution is 7.32. The predicted octanol–water partition coefficient (Wildman–Crippen LogP) is 19.2. The van der Waals surface area contributed by atoms with E-state index in [0.717, 1.165) is 34.0 Å². The molecule has 0 fully saturated rings. The van der Waals surface area contributed by atoms with Crippen molar-refractivity contribution in [1.82, 2.24) is 0 Å². The summed E-state index contributed by atoms with van der Waals surface area (Å²) in [5.74, 6) is 1.68. The van der Waals surface area contributed by atoms with E-state index in [2.05, 4.69) is 269 Å². The molecule has 80 heavy (non-hydrogen) atoms. The van der Waals surface area contributed by atoms with Crippen LogP contribution in [0.3, 0.4) is 0 Å². The van der Waals surface area contributed by atoms with E-state index in [4.69, 9.17) is 4.42 Å². The Kier molecular flexibility index (Phi) is 12.6. The maximum atomic E-state index is 7.16. The zero-order valence-corrected chi connectivity index (χ0v) is 51.1. The summed E-state index contributed by atoms with van der Waals surface area (Å²) in [5, 5.41) is 3.70. The van der Waals surface area contributed by atoms with E-state index in [1.807, 2.05) is 0 Å². The second-order valence-corrected chi connectivity index (χ2v) is 29.8. The van der Waals surface area contributed by atoms with Gasteiger partial charge < -0.3 is 19.1 Å². The number of fused-ring (bicyclic) bond motifs is 11. The zero-order chi connectivity index (χ0) is 56.1. The summed E-state index contributed by atoms with van der Waals surface area (Å²) in [6.45, 7) is 38.7. The van der Waals surface area contributed by atoms with Gasteiger partial charge in [0.05, 0.1) is 23.5 Å². The first-order valence-corrected chi connectivity index (χ1v) is 31.1. The van der Waals surface area contributed by atoms with E-state index in [1.165, 1.54) is 108 Å². The van der Waals surface area contributed by atoms with E-state index < -0.39 is 0 Å². The van der Waals surface area contributed by atoms with Crippen molar-refractivity contribution >= 4 is 83.1 Å². The minimum absolute atomic E-state index is 0.0111. The zero-order valence-electron chi connectivity index (χ0n) is 50.3. The average Bonchev–Trinajstić information content (AvgIpc) is 1.95. The van der Waals surface area contributed by atoms with E-state index in [0.29, 0.717) is 11.8 Å². The smallest absolute Gasteiger partial charge is 0.259 e. The number of furan rings is 1. The van der Waals surface area contributed by atoms with Crippen LogP contribution in [0.5, 0.6) is 0 Å². The average molecular weight is 1070 g/mol. The topological polar surface area (TPSA) is 22.9 Å². The predicted molar refractivity (Wildman–Crippen MR) is 347 cm³/mol. The third-order valence-electron chi connectivity index (χ3n) is 20.3.